The average molecular weight is 379 g/mol. The van der Waals surface area contributed by atoms with E-state index in [2.05, 4.69) is 10.6 Å². The minimum atomic E-state index is -0.705. The Bertz CT molecular complexity index is 1030. The van der Waals surface area contributed by atoms with Gasteiger partial charge in [-0.15, -0.1) is 0 Å². The van der Waals surface area contributed by atoms with Crippen molar-refractivity contribution in [3.8, 4) is 11.5 Å². The van der Waals surface area contributed by atoms with Crippen molar-refractivity contribution in [1.82, 2.24) is 15.2 Å². The van der Waals surface area contributed by atoms with Crippen LogP contribution < -0.4 is 20.1 Å². The van der Waals surface area contributed by atoms with E-state index in [1.165, 1.54) is 0 Å². The summed E-state index contributed by atoms with van der Waals surface area (Å²) >= 11 is 0. The molecule has 0 saturated heterocycles. The highest BCUT2D eigenvalue weighted by molar-refractivity contribution is 5.98. The van der Waals surface area contributed by atoms with Crippen LogP contribution in [0.3, 0.4) is 0 Å². The summed E-state index contributed by atoms with van der Waals surface area (Å²) in [5.74, 6) is 0.735. The minimum absolute atomic E-state index is 0.158. The van der Waals surface area contributed by atoms with E-state index in [1.54, 1.807) is 12.1 Å². The maximum absolute atomic E-state index is 12.4. The van der Waals surface area contributed by atoms with Gasteiger partial charge in [0.15, 0.2) is 11.5 Å². The molecule has 4 rings (SSSR count). The van der Waals surface area contributed by atoms with E-state index in [9.17, 15) is 9.59 Å². The third-order valence-electron chi connectivity index (χ3n) is 4.70. The number of ether oxygens (including phenoxy) is 2. The summed E-state index contributed by atoms with van der Waals surface area (Å²) in [6.07, 6.45) is -0.705. The smallest absolute Gasteiger partial charge is 0.267 e. The molecule has 7 nitrogen and oxygen atoms in total. The average Bonchev–Trinajstić information content (AvgIpc) is 3.07. The Morgan fingerprint density at radius 2 is 1.75 bits per heavy atom. The maximum atomic E-state index is 12.4. The topological polar surface area (TPSA) is 81.6 Å². The number of aryl methyl sites for hydroxylation is 1. The summed E-state index contributed by atoms with van der Waals surface area (Å²) < 4.78 is 13.1. The molecule has 2 amide bonds. The van der Waals surface area contributed by atoms with Crippen molar-refractivity contribution >= 4 is 22.7 Å². The summed E-state index contributed by atoms with van der Waals surface area (Å²) in [7, 11) is 1.86. The standard InChI is InChI=1S/C21H21N3O4/c1-24-15-7-3-2-6-14(15)12-16(24)20(25)22-10-11-23-21(26)19-13-27-17-8-4-5-9-18(17)28-19/h2-9,12,19H,10-11,13H2,1H3,(H,22,25)(H,23,26)/t19-/m0/s1. The highest BCUT2D eigenvalue weighted by atomic mass is 16.6. The fraction of sp³-hybridized carbons (Fsp3) is 0.238. The van der Waals surface area contributed by atoms with E-state index in [4.69, 9.17) is 9.47 Å². The van der Waals surface area contributed by atoms with Gasteiger partial charge in [0, 0.05) is 31.0 Å². The number of nitrogens with zero attached hydrogens (tertiary/aromatic N) is 1. The van der Waals surface area contributed by atoms with Gasteiger partial charge in [0.2, 0.25) is 6.10 Å². The maximum Gasteiger partial charge on any atom is 0.267 e. The highest BCUT2D eigenvalue weighted by Crippen LogP contribution is 2.30. The lowest BCUT2D eigenvalue weighted by molar-refractivity contribution is -0.130. The fourth-order valence-electron chi connectivity index (χ4n) is 3.22. The lowest BCUT2D eigenvalue weighted by Gasteiger charge is -2.25. The summed E-state index contributed by atoms with van der Waals surface area (Å²) in [6, 6.07) is 16.9. The van der Waals surface area contributed by atoms with Crippen molar-refractivity contribution in [2.45, 2.75) is 6.10 Å². The molecule has 0 saturated carbocycles. The molecule has 7 heteroatoms. The molecule has 2 aromatic carbocycles. The molecule has 1 atom stereocenters. The Morgan fingerprint density at radius 3 is 2.57 bits per heavy atom. The van der Waals surface area contributed by atoms with Gasteiger partial charge in [-0.25, -0.2) is 0 Å². The molecular weight excluding hydrogens is 358 g/mol. The van der Waals surface area contributed by atoms with Gasteiger partial charge in [-0.05, 0) is 24.3 Å². The first-order valence-corrected chi connectivity index (χ1v) is 9.12. The van der Waals surface area contributed by atoms with Gasteiger partial charge in [0.05, 0.1) is 0 Å². The van der Waals surface area contributed by atoms with Crippen molar-refractivity contribution in [3.05, 3.63) is 60.3 Å². The molecule has 0 unspecified atom stereocenters. The second-order valence-electron chi connectivity index (χ2n) is 6.56. The number of para-hydroxylation sites is 3. The predicted octanol–water partition coefficient (Wildman–Crippen LogP) is 1.86. The zero-order chi connectivity index (χ0) is 19.5. The third kappa shape index (κ3) is 3.51. The normalized spacial score (nSPS) is 15.2. The number of nitrogens with one attached hydrogen (secondary N) is 2. The molecule has 28 heavy (non-hydrogen) atoms. The van der Waals surface area contributed by atoms with Gasteiger partial charge in [0.1, 0.15) is 12.3 Å². The van der Waals surface area contributed by atoms with Crippen molar-refractivity contribution in [2.24, 2.45) is 7.05 Å². The summed E-state index contributed by atoms with van der Waals surface area (Å²) in [5.41, 5.74) is 1.57. The van der Waals surface area contributed by atoms with Crippen LogP contribution >= 0.6 is 0 Å². The summed E-state index contributed by atoms with van der Waals surface area (Å²) in [5, 5.41) is 6.61. The minimum Gasteiger partial charge on any atom is -0.485 e. The monoisotopic (exact) mass is 379 g/mol. The first-order chi connectivity index (χ1) is 13.6. The molecule has 2 heterocycles. The Labute approximate surface area is 162 Å². The number of amides is 2. The molecule has 1 aromatic heterocycles. The van der Waals surface area contributed by atoms with E-state index in [-0.39, 0.29) is 18.4 Å². The van der Waals surface area contributed by atoms with Crippen molar-refractivity contribution < 1.29 is 19.1 Å². The fourth-order valence-corrected chi connectivity index (χ4v) is 3.22. The summed E-state index contributed by atoms with van der Waals surface area (Å²) in [4.78, 5) is 24.7. The Balaban J connectivity index is 1.27. The van der Waals surface area contributed by atoms with Gasteiger partial charge in [-0.2, -0.15) is 0 Å². The zero-order valence-corrected chi connectivity index (χ0v) is 15.5. The molecule has 0 bridgehead atoms. The van der Waals surface area contributed by atoms with Gasteiger partial charge >= 0.3 is 0 Å². The lowest BCUT2D eigenvalue weighted by Crippen LogP contribution is -2.46. The molecule has 2 N–H and O–H groups in total. The van der Waals surface area contributed by atoms with Gasteiger partial charge in [0.25, 0.3) is 11.8 Å². The van der Waals surface area contributed by atoms with Crippen LogP contribution in [0.4, 0.5) is 0 Å². The lowest BCUT2D eigenvalue weighted by atomic mass is 10.2. The van der Waals surface area contributed by atoms with E-state index >= 15 is 0 Å². The highest BCUT2D eigenvalue weighted by Gasteiger charge is 2.26. The van der Waals surface area contributed by atoms with E-state index in [0.29, 0.717) is 30.3 Å². The number of rotatable bonds is 5. The van der Waals surface area contributed by atoms with Gasteiger partial charge in [-0.3, -0.25) is 9.59 Å². The molecule has 3 aromatic rings. The van der Waals surface area contributed by atoms with Crippen molar-refractivity contribution in [1.29, 1.82) is 0 Å². The second kappa shape index (κ2) is 7.64. The van der Waals surface area contributed by atoms with Crippen LogP contribution in [0, 0.1) is 0 Å². The number of fused-ring (bicyclic) bond motifs is 2. The Hall–Kier alpha value is -3.48. The number of carbonyl (C=O) groups excluding carboxylic acids is 2. The number of hydrogen-bond donors (Lipinski definition) is 2. The van der Waals surface area contributed by atoms with Gasteiger partial charge in [-0.1, -0.05) is 30.3 Å². The zero-order valence-electron chi connectivity index (χ0n) is 15.5. The largest absolute Gasteiger partial charge is 0.485 e. The number of benzene rings is 2. The van der Waals surface area contributed by atoms with E-state index < -0.39 is 6.10 Å². The number of hydrogen-bond acceptors (Lipinski definition) is 4. The molecule has 0 aliphatic carbocycles. The van der Waals surface area contributed by atoms with Crippen LogP contribution in [-0.4, -0.2) is 42.2 Å². The molecule has 1 aliphatic heterocycles. The Kier molecular flexibility index (Phi) is 4.89. The molecule has 1 aliphatic rings. The van der Waals surface area contributed by atoms with Crippen LogP contribution in [0.15, 0.2) is 54.6 Å². The molecule has 0 fully saturated rings. The molecular formula is C21H21N3O4. The molecule has 144 valence electrons. The van der Waals surface area contributed by atoms with Crippen molar-refractivity contribution in [3.63, 3.8) is 0 Å². The molecule has 0 radical (unpaired) electrons. The first-order valence-electron chi connectivity index (χ1n) is 9.12. The quantitative estimate of drug-likeness (QED) is 0.663. The third-order valence-corrected chi connectivity index (χ3v) is 4.70. The summed E-state index contributed by atoms with van der Waals surface area (Å²) in [6.45, 7) is 0.775. The molecule has 0 spiro atoms. The van der Waals surface area contributed by atoms with Crippen molar-refractivity contribution in [2.75, 3.05) is 19.7 Å². The number of carbonyl (C=O) groups is 2. The van der Waals surface area contributed by atoms with Crippen LogP contribution in [0.2, 0.25) is 0 Å². The van der Waals surface area contributed by atoms with Crippen LogP contribution in [0.25, 0.3) is 10.9 Å². The van der Waals surface area contributed by atoms with E-state index in [0.717, 1.165) is 10.9 Å². The van der Waals surface area contributed by atoms with Gasteiger partial charge < -0.3 is 24.7 Å². The van der Waals surface area contributed by atoms with Crippen LogP contribution in [-0.2, 0) is 11.8 Å². The Morgan fingerprint density at radius 1 is 1.04 bits per heavy atom. The van der Waals surface area contributed by atoms with Crippen LogP contribution in [0.1, 0.15) is 10.5 Å². The second-order valence-corrected chi connectivity index (χ2v) is 6.56. The number of aromatic nitrogens is 1. The van der Waals surface area contributed by atoms with E-state index in [1.807, 2.05) is 54.1 Å². The first kappa shape index (κ1) is 17.9. The van der Waals surface area contributed by atoms with Crippen LogP contribution in [0.5, 0.6) is 11.5 Å². The SMILES string of the molecule is Cn1c(C(=O)NCCNC(=O)[C@@H]2COc3ccccc3O2)cc2ccccc21. The predicted molar refractivity (Wildman–Crippen MR) is 105 cm³/mol.